The SMILES string of the molecule is CC(CO)C(O)C(C)CO.CC(CO)CC(C)(O)CO.CC(CO)CC(CO)CO.CC(O)C(O)C(C)CCO.CC(O)CC(O)C(C)CO.CC(O)CCCCCCO.CCC(O)C(C)(O)CCO.CCC(O)C(C)C(O)CO.CCC(O)C(O)C(C)CO.CCC(O)CCCCCO.CCCC(O)CCCCO.CCCCC(O)CCCO.CCCCCC(O)CCO.CCCCCCC(O)CO. The van der Waals surface area contributed by atoms with E-state index in [0.29, 0.717) is 58.0 Å². The molecule has 0 spiro atoms. The number of aliphatic hydroxyl groups is 36. The predicted molar refractivity (Wildman–Crippen MR) is 560 cm³/mol. The minimum atomic E-state index is -1.14. The summed E-state index contributed by atoms with van der Waals surface area (Å²) in [5, 5.41) is 317. The molecule has 36 nitrogen and oxygen atoms in total. The van der Waals surface area contributed by atoms with Crippen LogP contribution in [-0.4, -0.2) is 412 Å². The van der Waals surface area contributed by atoms with Crippen molar-refractivity contribution in [1.82, 2.24) is 0 Å². The average molecular weight is 2060 g/mol. The van der Waals surface area contributed by atoms with E-state index in [1.807, 2.05) is 34.6 Å². The van der Waals surface area contributed by atoms with Crippen LogP contribution in [0.4, 0.5) is 0 Å². The highest BCUT2D eigenvalue weighted by Gasteiger charge is 2.29. The average Bonchev–Trinajstić information content (AvgIpc) is 0.899. The third-order valence-electron chi connectivity index (χ3n) is 22.7. The molecule has 0 aromatic carbocycles. The van der Waals surface area contributed by atoms with Gasteiger partial charge in [0.15, 0.2) is 0 Å². The van der Waals surface area contributed by atoms with Crippen molar-refractivity contribution in [1.29, 1.82) is 0 Å². The van der Waals surface area contributed by atoms with Gasteiger partial charge >= 0.3 is 0 Å². The number of rotatable bonds is 69. The van der Waals surface area contributed by atoms with Gasteiger partial charge in [-0.3, -0.25) is 0 Å². The Morgan fingerprint density at radius 2 is 0.607 bits per heavy atom. The van der Waals surface area contributed by atoms with E-state index in [-0.39, 0.29) is 203 Å². The molecule has 0 saturated heterocycles. The Bertz CT molecular complexity index is 2010. The first-order chi connectivity index (χ1) is 65.7. The second kappa shape index (κ2) is 128. The van der Waals surface area contributed by atoms with Crippen molar-refractivity contribution < 1.29 is 184 Å². The monoisotopic (exact) mass is 2060 g/mol. The molecule has 0 bridgehead atoms. The van der Waals surface area contributed by atoms with Gasteiger partial charge in [0.25, 0.3) is 0 Å². The topological polar surface area (TPSA) is 728 Å². The largest absolute Gasteiger partial charge is 0.396 e. The van der Waals surface area contributed by atoms with Gasteiger partial charge in [0.05, 0.1) is 129 Å². The Morgan fingerprint density at radius 3 is 0.964 bits per heavy atom. The van der Waals surface area contributed by atoms with E-state index in [1.54, 1.807) is 76.2 Å². The Labute approximate surface area is 850 Å². The Balaban J connectivity index is -0.000000102. The molecular weight excluding hydrogens is 1830 g/mol. The molecule has 0 aromatic heterocycles. The lowest BCUT2D eigenvalue weighted by Gasteiger charge is -2.27. The molecule has 0 radical (unpaired) electrons. The molecule has 0 rings (SSSR count). The first-order valence-corrected chi connectivity index (χ1v) is 53.0. The van der Waals surface area contributed by atoms with Gasteiger partial charge in [-0.25, -0.2) is 0 Å². The summed E-state index contributed by atoms with van der Waals surface area (Å²) >= 11 is 0. The third-order valence-corrected chi connectivity index (χ3v) is 22.7. The van der Waals surface area contributed by atoms with Crippen LogP contribution in [0.2, 0.25) is 0 Å². The summed E-state index contributed by atoms with van der Waals surface area (Å²) in [5.74, 6) is -0.817. The summed E-state index contributed by atoms with van der Waals surface area (Å²) in [6, 6.07) is 0. The maximum absolute atomic E-state index is 9.37. The molecular formula is C104H236O36. The first kappa shape index (κ1) is 169. The van der Waals surface area contributed by atoms with Gasteiger partial charge in [0, 0.05) is 141 Å². The third kappa shape index (κ3) is 139. The summed E-state index contributed by atoms with van der Waals surface area (Å²) in [7, 11) is 0. The van der Waals surface area contributed by atoms with Gasteiger partial charge in [-0.2, -0.15) is 0 Å². The minimum Gasteiger partial charge on any atom is -0.396 e. The van der Waals surface area contributed by atoms with Gasteiger partial charge < -0.3 is 184 Å². The summed E-state index contributed by atoms with van der Waals surface area (Å²) in [4.78, 5) is 0. The van der Waals surface area contributed by atoms with Crippen LogP contribution in [0.1, 0.15) is 389 Å². The molecule has 0 heterocycles. The first-order valence-electron chi connectivity index (χ1n) is 53.0. The second-order valence-electron chi connectivity index (χ2n) is 38.3. The van der Waals surface area contributed by atoms with Gasteiger partial charge in [-0.15, -0.1) is 0 Å². The van der Waals surface area contributed by atoms with Crippen molar-refractivity contribution >= 4 is 0 Å². The fourth-order valence-corrected chi connectivity index (χ4v) is 11.9. The minimum absolute atomic E-state index is 0.000833. The highest BCUT2D eigenvalue weighted by molar-refractivity contribution is 4.80. The molecule has 25 atom stereocenters. The molecule has 0 aromatic rings. The van der Waals surface area contributed by atoms with Crippen molar-refractivity contribution in [3.8, 4) is 0 Å². The summed E-state index contributed by atoms with van der Waals surface area (Å²) in [6.45, 7) is 38.5. The summed E-state index contributed by atoms with van der Waals surface area (Å²) < 4.78 is 0. The van der Waals surface area contributed by atoms with Crippen molar-refractivity contribution in [2.24, 2.45) is 53.3 Å². The van der Waals surface area contributed by atoms with Crippen LogP contribution in [0.5, 0.6) is 0 Å². The highest BCUT2D eigenvalue weighted by atomic mass is 16.4. The van der Waals surface area contributed by atoms with Crippen molar-refractivity contribution in [3.05, 3.63) is 0 Å². The lowest BCUT2D eigenvalue weighted by atomic mass is 9.94. The quantitative estimate of drug-likeness (QED) is 0.0325. The fraction of sp³-hybridized carbons (Fsp3) is 1.00. The number of aliphatic hydroxyl groups excluding tert-OH is 34. The lowest BCUT2D eigenvalue weighted by Crippen LogP contribution is -2.39. The smallest absolute Gasteiger partial charge is 0.0899 e. The van der Waals surface area contributed by atoms with Crippen LogP contribution in [0, 0.1) is 53.3 Å². The Morgan fingerprint density at radius 1 is 0.236 bits per heavy atom. The number of hydrogen-bond acceptors (Lipinski definition) is 36. The van der Waals surface area contributed by atoms with Crippen molar-refractivity contribution in [3.63, 3.8) is 0 Å². The van der Waals surface area contributed by atoms with E-state index in [0.717, 1.165) is 154 Å². The lowest BCUT2D eigenvalue weighted by molar-refractivity contribution is -0.0750. The molecule has 0 aliphatic rings. The van der Waals surface area contributed by atoms with Gasteiger partial charge in [-0.1, -0.05) is 207 Å². The van der Waals surface area contributed by atoms with Crippen LogP contribution >= 0.6 is 0 Å². The van der Waals surface area contributed by atoms with Gasteiger partial charge in [0.2, 0.25) is 0 Å². The standard InChI is InChI=1S/6C8H18O2.8C7H16O3/c1-8(10)6-4-2-3-5-7-9;1-2-8(10)6-4-3-5-7-9;1-2-5-8(10)6-3-4-7-9;1-2-3-5-8(10)6-4-7-9;1-2-3-4-5-8(10)6-7-9;1-2-3-4-5-6-8(10)7-9;1-6(4-8)3-7(2,10)5-9;1-6(3-8)2-7(4-9)5-10;1-5(4-8)7(10)3-6(2)9;1-5(3-8)7(10)6(2)4-9;1-5(3-4-8)7(10)6(2)9;1-3-6(9)7(2,10)4-5-8;1-3-6(9)5(2)7(10)4-8;1-3-6(9)7(10)5(2)4-8/h6*8-10H,2-7H2,1H3;6,8-10H,3-5H2,1-2H3;6-10H,2-5H2,1H3;3*5-10H,3-4H2,1-2H3;6,8-10H,3-5H2,1-2H3;2*5-10H,3-4H2,1-2H3. The maximum atomic E-state index is 9.37. The van der Waals surface area contributed by atoms with Crippen LogP contribution in [0.15, 0.2) is 0 Å². The summed E-state index contributed by atoms with van der Waals surface area (Å²) in [6.07, 6.45) is 24.9. The van der Waals surface area contributed by atoms with E-state index in [4.69, 9.17) is 153 Å². The van der Waals surface area contributed by atoms with Crippen LogP contribution in [-0.2, 0) is 0 Å². The van der Waals surface area contributed by atoms with Gasteiger partial charge in [0.1, 0.15) is 0 Å². The molecule has 0 amide bonds. The molecule has 140 heavy (non-hydrogen) atoms. The second-order valence-corrected chi connectivity index (χ2v) is 38.3. The van der Waals surface area contributed by atoms with E-state index in [1.165, 1.54) is 39.0 Å². The summed E-state index contributed by atoms with van der Waals surface area (Å²) in [5.41, 5.74) is -2.17. The molecule has 36 N–H and O–H groups in total. The molecule has 868 valence electrons. The van der Waals surface area contributed by atoms with Crippen molar-refractivity contribution in [2.45, 2.75) is 498 Å². The van der Waals surface area contributed by atoms with Crippen molar-refractivity contribution in [2.75, 3.05) is 119 Å². The zero-order valence-corrected chi connectivity index (χ0v) is 92.1. The molecule has 36 heteroatoms. The van der Waals surface area contributed by atoms with E-state index in [9.17, 15) is 30.6 Å². The fourth-order valence-electron chi connectivity index (χ4n) is 11.9. The number of hydrogen-bond donors (Lipinski definition) is 36. The predicted octanol–water partition coefficient (Wildman–Crippen LogP) is 5.70. The molecule has 0 fully saturated rings. The van der Waals surface area contributed by atoms with E-state index >= 15 is 0 Å². The van der Waals surface area contributed by atoms with E-state index in [2.05, 4.69) is 27.7 Å². The molecule has 0 aliphatic heterocycles. The van der Waals surface area contributed by atoms with E-state index < -0.39 is 78.3 Å². The van der Waals surface area contributed by atoms with Gasteiger partial charge in [-0.05, 0) is 194 Å². The highest BCUT2D eigenvalue weighted by Crippen LogP contribution is 2.20. The normalized spacial score (nSPS) is 16.8. The molecule has 0 aliphatic carbocycles. The number of unbranched alkanes of at least 4 members (excludes halogenated alkanes) is 12. The molecule has 0 saturated carbocycles. The zero-order valence-electron chi connectivity index (χ0n) is 92.1. The Hall–Kier alpha value is -1.44. The maximum Gasteiger partial charge on any atom is 0.0899 e. The zero-order chi connectivity index (χ0) is 112. The Kier molecular flexibility index (Phi) is 155. The molecule has 25 unspecified atom stereocenters. The van der Waals surface area contributed by atoms with Crippen LogP contribution in [0.25, 0.3) is 0 Å². The van der Waals surface area contributed by atoms with Crippen LogP contribution < -0.4 is 0 Å². The van der Waals surface area contributed by atoms with Crippen LogP contribution in [0.3, 0.4) is 0 Å².